The van der Waals surface area contributed by atoms with Crippen molar-refractivity contribution in [3.05, 3.63) is 34.9 Å². The molecule has 0 aromatic carbocycles. The summed E-state index contributed by atoms with van der Waals surface area (Å²) in [6.07, 6.45) is 9.53. The number of allylic oxidation sites excluding steroid dienone is 4. The molecular formula is C21H37NO. The molecule has 0 aliphatic heterocycles. The van der Waals surface area contributed by atoms with Gasteiger partial charge in [0.15, 0.2) is 0 Å². The highest BCUT2D eigenvalue weighted by Gasteiger charge is 2.12. The van der Waals surface area contributed by atoms with Crippen LogP contribution in [-0.4, -0.2) is 13.0 Å². The van der Waals surface area contributed by atoms with Crippen LogP contribution in [0, 0.1) is 5.92 Å². The highest BCUT2D eigenvalue weighted by atomic mass is 16.1. The van der Waals surface area contributed by atoms with Gasteiger partial charge in [0.2, 0.25) is 5.91 Å². The second-order valence-electron chi connectivity index (χ2n) is 6.76. The standard InChI is InChI=1S/C21H37NO/c1-8-17(5)11-13-19(9-2)14-15-20(21(23)22-7)18(6)12-10-16(3)4/h13,17H,3,8-12,14-15H2,1-2,4-7H3,(H,22,23)/b19-13-,20-18-. The predicted octanol–water partition coefficient (Wildman–Crippen LogP) is 5.96. The molecular weight excluding hydrogens is 282 g/mol. The minimum atomic E-state index is 0.0709. The highest BCUT2D eigenvalue weighted by molar-refractivity contribution is 5.93. The average Bonchev–Trinajstić information content (AvgIpc) is 2.54. The fourth-order valence-corrected chi connectivity index (χ4v) is 2.47. The third kappa shape index (κ3) is 9.43. The third-order valence-corrected chi connectivity index (χ3v) is 4.60. The van der Waals surface area contributed by atoms with Gasteiger partial charge in [-0.2, -0.15) is 0 Å². The van der Waals surface area contributed by atoms with Crippen LogP contribution in [0.2, 0.25) is 0 Å². The summed E-state index contributed by atoms with van der Waals surface area (Å²) in [7, 11) is 1.72. The van der Waals surface area contributed by atoms with Crippen LogP contribution < -0.4 is 5.32 Å². The van der Waals surface area contributed by atoms with Crippen molar-refractivity contribution in [3.63, 3.8) is 0 Å². The maximum Gasteiger partial charge on any atom is 0.246 e. The molecule has 1 atom stereocenters. The summed E-state index contributed by atoms with van der Waals surface area (Å²) in [4.78, 5) is 12.2. The van der Waals surface area contributed by atoms with Gasteiger partial charge in [-0.1, -0.05) is 50.0 Å². The Morgan fingerprint density at radius 2 is 1.78 bits per heavy atom. The zero-order valence-electron chi connectivity index (χ0n) is 16.2. The van der Waals surface area contributed by atoms with Gasteiger partial charge < -0.3 is 5.32 Å². The number of hydrogen-bond acceptors (Lipinski definition) is 1. The fraction of sp³-hybridized carbons (Fsp3) is 0.667. The van der Waals surface area contributed by atoms with Gasteiger partial charge in [0.1, 0.15) is 0 Å². The maximum absolute atomic E-state index is 12.2. The number of nitrogens with one attached hydrogen (secondary N) is 1. The Morgan fingerprint density at radius 3 is 2.26 bits per heavy atom. The number of likely N-dealkylation sites (N-methyl/N-ethyl adjacent to an activating group) is 1. The Balaban J connectivity index is 4.92. The Bertz CT molecular complexity index is 443. The number of carbonyl (C=O) groups excluding carboxylic acids is 1. The SMILES string of the molecule is C=C(C)CC/C(C)=C(/CC/C(=C\CC(C)CC)CC)C(=O)NC. The summed E-state index contributed by atoms with van der Waals surface area (Å²) in [6, 6.07) is 0. The van der Waals surface area contributed by atoms with Gasteiger partial charge in [0.05, 0.1) is 0 Å². The molecule has 0 aliphatic carbocycles. The summed E-state index contributed by atoms with van der Waals surface area (Å²) < 4.78 is 0. The van der Waals surface area contributed by atoms with E-state index >= 15 is 0 Å². The molecule has 0 aromatic rings. The van der Waals surface area contributed by atoms with Gasteiger partial charge in [0, 0.05) is 12.6 Å². The van der Waals surface area contributed by atoms with Crippen LogP contribution in [0.4, 0.5) is 0 Å². The lowest BCUT2D eigenvalue weighted by molar-refractivity contribution is -0.117. The van der Waals surface area contributed by atoms with Gasteiger partial charge in [-0.15, -0.1) is 6.58 Å². The Morgan fingerprint density at radius 1 is 1.13 bits per heavy atom. The fourth-order valence-electron chi connectivity index (χ4n) is 2.47. The van der Waals surface area contributed by atoms with Gasteiger partial charge in [-0.05, 0) is 58.3 Å². The summed E-state index contributed by atoms with van der Waals surface area (Å²) in [5.41, 5.74) is 4.80. The Labute approximate surface area is 144 Å². The summed E-state index contributed by atoms with van der Waals surface area (Å²) in [5, 5.41) is 2.80. The normalized spacial score (nSPS) is 14.3. The number of rotatable bonds is 11. The molecule has 0 bridgehead atoms. The maximum atomic E-state index is 12.2. The van der Waals surface area contributed by atoms with Crippen molar-refractivity contribution in [2.75, 3.05) is 7.05 Å². The molecule has 0 spiro atoms. The van der Waals surface area contributed by atoms with E-state index in [4.69, 9.17) is 0 Å². The van der Waals surface area contributed by atoms with Crippen molar-refractivity contribution in [1.82, 2.24) is 5.32 Å². The van der Waals surface area contributed by atoms with E-state index in [1.54, 1.807) is 7.05 Å². The van der Waals surface area contributed by atoms with Crippen molar-refractivity contribution in [3.8, 4) is 0 Å². The van der Waals surface area contributed by atoms with E-state index in [2.05, 4.69) is 45.7 Å². The molecule has 0 aromatic heterocycles. The van der Waals surface area contributed by atoms with Crippen molar-refractivity contribution >= 4 is 5.91 Å². The van der Waals surface area contributed by atoms with E-state index in [1.165, 1.54) is 23.1 Å². The lowest BCUT2D eigenvalue weighted by Gasteiger charge is -2.13. The van der Waals surface area contributed by atoms with Crippen molar-refractivity contribution in [1.29, 1.82) is 0 Å². The van der Waals surface area contributed by atoms with Crippen LogP contribution in [-0.2, 0) is 4.79 Å². The Hall–Kier alpha value is -1.31. The summed E-state index contributed by atoms with van der Waals surface area (Å²) in [5.74, 6) is 0.810. The lowest BCUT2D eigenvalue weighted by Crippen LogP contribution is -2.21. The van der Waals surface area contributed by atoms with E-state index in [-0.39, 0.29) is 5.91 Å². The molecule has 0 fully saturated rings. The van der Waals surface area contributed by atoms with Crippen molar-refractivity contribution < 1.29 is 4.79 Å². The first-order valence-electron chi connectivity index (χ1n) is 9.08. The highest BCUT2D eigenvalue weighted by Crippen LogP contribution is 2.22. The molecule has 0 radical (unpaired) electrons. The van der Waals surface area contributed by atoms with Crippen molar-refractivity contribution in [2.24, 2.45) is 5.92 Å². The summed E-state index contributed by atoms with van der Waals surface area (Å²) >= 11 is 0. The van der Waals surface area contributed by atoms with Crippen LogP contribution >= 0.6 is 0 Å². The minimum Gasteiger partial charge on any atom is -0.355 e. The van der Waals surface area contributed by atoms with Gasteiger partial charge in [-0.3, -0.25) is 4.79 Å². The summed E-state index contributed by atoms with van der Waals surface area (Å²) in [6.45, 7) is 14.8. The third-order valence-electron chi connectivity index (χ3n) is 4.60. The number of carbonyl (C=O) groups is 1. The van der Waals surface area contributed by atoms with E-state index in [0.717, 1.165) is 50.0 Å². The Kier molecular flexibility index (Phi) is 11.5. The van der Waals surface area contributed by atoms with Gasteiger partial charge >= 0.3 is 0 Å². The topological polar surface area (TPSA) is 29.1 Å². The van der Waals surface area contributed by atoms with Crippen LogP contribution in [0.5, 0.6) is 0 Å². The monoisotopic (exact) mass is 319 g/mol. The molecule has 132 valence electrons. The smallest absolute Gasteiger partial charge is 0.246 e. The molecule has 1 N–H and O–H groups in total. The molecule has 0 rings (SSSR count). The number of amides is 1. The predicted molar refractivity (Wildman–Crippen MR) is 102 cm³/mol. The molecule has 0 saturated heterocycles. The first-order chi connectivity index (χ1) is 10.8. The molecule has 0 heterocycles. The molecule has 1 amide bonds. The van der Waals surface area contributed by atoms with E-state index < -0.39 is 0 Å². The molecule has 23 heavy (non-hydrogen) atoms. The van der Waals surface area contributed by atoms with Gasteiger partial charge in [-0.25, -0.2) is 0 Å². The quantitative estimate of drug-likeness (QED) is 0.369. The van der Waals surface area contributed by atoms with E-state index in [0.29, 0.717) is 0 Å². The average molecular weight is 320 g/mol. The first-order valence-corrected chi connectivity index (χ1v) is 9.08. The zero-order valence-corrected chi connectivity index (χ0v) is 16.2. The van der Waals surface area contributed by atoms with Crippen LogP contribution in [0.1, 0.15) is 79.6 Å². The largest absolute Gasteiger partial charge is 0.355 e. The second kappa shape index (κ2) is 12.2. The minimum absolute atomic E-state index is 0.0709. The van der Waals surface area contributed by atoms with Crippen LogP contribution in [0.15, 0.2) is 34.9 Å². The molecule has 0 aliphatic rings. The lowest BCUT2D eigenvalue weighted by atomic mass is 9.94. The zero-order chi connectivity index (χ0) is 17.8. The molecule has 2 heteroatoms. The van der Waals surface area contributed by atoms with Crippen LogP contribution in [0.3, 0.4) is 0 Å². The van der Waals surface area contributed by atoms with E-state index in [9.17, 15) is 4.79 Å². The molecule has 2 nitrogen and oxygen atoms in total. The number of hydrogen-bond donors (Lipinski definition) is 1. The van der Waals surface area contributed by atoms with Gasteiger partial charge in [0.25, 0.3) is 0 Å². The molecule has 1 unspecified atom stereocenters. The van der Waals surface area contributed by atoms with E-state index in [1.807, 2.05) is 6.92 Å². The first kappa shape index (κ1) is 21.7. The van der Waals surface area contributed by atoms with Crippen molar-refractivity contribution in [2.45, 2.75) is 79.6 Å². The van der Waals surface area contributed by atoms with Crippen LogP contribution in [0.25, 0.3) is 0 Å². The molecule has 0 saturated carbocycles. The second-order valence-corrected chi connectivity index (χ2v) is 6.76.